The van der Waals surface area contributed by atoms with Crippen molar-refractivity contribution in [1.29, 1.82) is 0 Å². The zero-order chi connectivity index (χ0) is 16.8. The van der Waals surface area contributed by atoms with Crippen LogP contribution in [-0.4, -0.2) is 17.7 Å². The number of nitrogens with one attached hydrogen (secondary N) is 2. The van der Waals surface area contributed by atoms with Gasteiger partial charge in [-0.1, -0.05) is 41.4 Å². The SMILES string of the molecule is Cc1ccc(NC(=O)NC(=O)CSc2ccccc2Cl)c(C)c1. The summed E-state index contributed by atoms with van der Waals surface area (Å²) in [5.74, 6) is -0.262. The highest BCUT2D eigenvalue weighted by molar-refractivity contribution is 8.00. The van der Waals surface area contributed by atoms with E-state index in [4.69, 9.17) is 11.6 Å². The topological polar surface area (TPSA) is 58.2 Å². The lowest BCUT2D eigenvalue weighted by Crippen LogP contribution is -2.35. The molecule has 0 unspecified atom stereocenters. The normalized spacial score (nSPS) is 10.2. The summed E-state index contributed by atoms with van der Waals surface area (Å²) in [7, 11) is 0. The fraction of sp³-hybridized carbons (Fsp3) is 0.176. The summed E-state index contributed by atoms with van der Waals surface area (Å²) < 4.78 is 0. The Bertz CT molecular complexity index is 734. The lowest BCUT2D eigenvalue weighted by molar-refractivity contribution is -0.117. The van der Waals surface area contributed by atoms with Crippen LogP contribution in [0.25, 0.3) is 0 Å². The van der Waals surface area contributed by atoms with Crippen LogP contribution in [-0.2, 0) is 4.79 Å². The lowest BCUT2D eigenvalue weighted by Gasteiger charge is -2.10. The molecule has 0 fully saturated rings. The summed E-state index contributed by atoms with van der Waals surface area (Å²) in [6.07, 6.45) is 0. The molecule has 2 aromatic rings. The Labute approximate surface area is 144 Å². The molecular weight excluding hydrogens is 332 g/mol. The first-order valence-electron chi connectivity index (χ1n) is 7.01. The number of hydrogen-bond donors (Lipinski definition) is 2. The molecule has 0 aliphatic carbocycles. The van der Waals surface area contributed by atoms with Gasteiger partial charge in [0.15, 0.2) is 0 Å². The number of rotatable bonds is 4. The Hall–Kier alpha value is -1.98. The van der Waals surface area contributed by atoms with Crippen molar-refractivity contribution in [1.82, 2.24) is 5.32 Å². The average molecular weight is 349 g/mol. The molecule has 0 aliphatic heterocycles. The third kappa shape index (κ3) is 5.30. The fourth-order valence-corrected chi connectivity index (χ4v) is 3.01. The van der Waals surface area contributed by atoms with Gasteiger partial charge in [-0.25, -0.2) is 4.79 Å². The Kier molecular flexibility index (Phi) is 6.07. The van der Waals surface area contributed by atoms with Gasteiger partial charge in [0.25, 0.3) is 0 Å². The monoisotopic (exact) mass is 348 g/mol. The second-order valence-corrected chi connectivity index (χ2v) is 6.46. The molecule has 0 radical (unpaired) electrons. The molecule has 120 valence electrons. The van der Waals surface area contributed by atoms with Gasteiger partial charge in [0.2, 0.25) is 5.91 Å². The predicted octanol–water partition coefficient (Wildman–Crippen LogP) is 4.40. The van der Waals surface area contributed by atoms with E-state index < -0.39 is 6.03 Å². The molecule has 0 bridgehead atoms. The van der Waals surface area contributed by atoms with Crippen molar-refractivity contribution in [2.75, 3.05) is 11.1 Å². The smallest absolute Gasteiger partial charge is 0.307 e. The molecule has 6 heteroatoms. The highest BCUT2D eigenvalue weighted by Gasteiger charge is 2.10. The van der Waals surface area contributed by atoms with E-state index in [1.54, 1.807) is 6.07 Å². The number of benzene rings is 2. The number of halogens is 1. The number of anilines is 1. The van der Waals surface area contributed by atoms with E-state index in [0.29, 0.717) is 10.7 Å². The van der Waals surface area contributed by atoms with Crippen LogP contribution in [0.5, 0.6) is 0 Å². The van der Waals surface area contributed by atoms with Crippen LogP contribution < -0.4 is 10.6 Å². The molecule has 0 saturated heterocycles. The third-order valence-electron chi connectivity index (χ3n) is 3.08. The van der Waals surface area contributed by atoms with E-state index in [1.165, 1.54) is 11.8 Å². The van der Waals surface area contributed by atoms with Crippen molar-refractivity contribution < 1.29 is 9.59 Å². The first kappa shape index (κ1) is 17.4. The number of urea groups is 1. The highest BCUT2D eigenvalue weighted by Crippen LogP contribution is 2.26. The number of carbonyl (C=O) groups excluding carboxylic acids is 2. The molecule has 23 heavy (non-hydrogen) atoms. The van der Waals surface area contributed by atoms with E-state index in [9.17, 15) is 9.59 Å². The molecule has 0 saturated carbocycles. The fourth-order valence-electron chi connectivity index (χ4n) is 1.98. The summed E-state index contributed by atoms with van der Waals surface area (Å²) in [5, 5.41) is 5.57. The number of amides is 3. The van der Waals surface area contributed by atoms with Crippen molar-refractivity contribution >= 4 is 41.0 Å². The Morgan fingerprint density at radius 3 is 2.57 bits per heavy atom. The first-order valence-corrected chi connectivity index (χ1v) is 8.37. The number of imide groups is 1. The van der Waals surface area contributed by atoms with Gasteiger partial charge in [-0.2, -0.15) is 0 Å². The summed E-state index contributed by atoms with van der Waals surface area (Å²) in [6, 6.07) is 12.4. The van der Waals surface area contributed by atoms with Crippen LogP contribution in [0, 0.1) is 13.8 Å². The molecule has 0 aromatic heterocycles. The Morgan fingerprint density at radius 2 is 1.87 bits per heavy atom. The summed E-state index contributed by atoms with van der Waals surface area (Å²) in [4.78, 5) is 24.5. The Balaban J connectivity index is 1.85. The zero-order valence-corrected chi connectivity index (χ0v) is 14.4. The molecule has 0 spiro atoms. The maximum Gasteiger partial charge on any atom is 0.325 e. The van der Waals surface area contributed by atoms with Crippen molar-refractivity contribution in [3.8, 4) is 0 Å². The number of aryl methyl sites for hydroxylation is 2. The van der Waals surface area contributed by atoms with E-state index in [2.05, 4.69) is 10.6 Å². The van der Waals surface area contributed by atoms with Gasteiger partial charge in [0, 0.05) is 10.6 Å². The predicted molar refractivity (Wildman–Crippen MR) is 95.3 cm³/mol. The van der Waals surface area contributed by atoms with Crippen LogP contribution in [0.1, 0.15) is 11.1 Å². The summed E-state index contributed by atoms with van der Waals surface area (Å²) in [6.45, 7) is 3.88. The standard InChI is InChI=1S/C17H17ClN2O2S/c1-11-7-8-14(12(2)9-11)19-17(22)20-16(21)10-23-15-6-4-3-5-13(15)18/h3-9H,10H2,1-2H3,(H2,19,20,21,22). The molecule has 2 N–H and O–H groups in total. The van der Waals surface area contributed by atoms with Crippen LogP contribution in [0.4, 0.5) is 10.5 Å². The van der Waals surface area contributed by atoms with Gasteiger partial charge < -0.3 is 5.32 Å². The van der Waals surface area contributed by atoms with Crippen LogP contribution >= 0.6 is 23.4 Å². The van der Waals surface area contributed by atoms with Gasteiger partial charge in [0.05, 0.1) is 10.8 Å². The van der Waals surface area contributed by atoms with Gasteiger partial charge >= 0.3 is 6.03 Å². The maximum atomic E-state index is 11.9. The minimum Gasteiger partial charge on any atom is -0.307 e. The van der Waals surface area contributed by atoms with Crippen molar-refractivity contribution in [2.24, 2.45) is 0 Å². The van der Waals surface area contributed by atoms with Crippen LogP contribution in [0.2, 0.25) is 5.02 Å². The van der Waals surface area contributed by atoms with E-state index in [-0.39, 0.29) is 11.7 Å². The van der Waals surface area contributed by atoms with Crippen molar-refractivity contribution in [3.63, 3.8) is 0 Å². The van der Waals surface area contributed by atoms with Crippen molar-refractivity contribution in [3.05, 3.63) is 58.6 Å². The lowest BCUT2D eigenvalue weighted by atomic mass is 10.1. The second kappa shape index (κ2) is 8.04. The van der Waals surface area contributed by atoms with E-state index in [0.717, 1.165) is 16.0 Å². The molecule has 0 aliphatic rings. The van der Waals surface area contributed by atoms with Crippen LogP contribution in [0.15, 0.2) is 47.4 Å². The highest BCUT2D eigenvalue weighted by atomic mass is 35.5. The van der Waals surface area contributed by atoms with E-state index in [1.807, 2.05) is 50.2 Å². The molecule has 0 heterocycles. The third-order valence-corrected chi connectivity index (χ3v) is 4.59. The maximum absolute atomic E-state index is 11.9. The number of carbonyl (C=O) groups is 2. The van der Waals surface area contributed by atoms with Gasteiger partial charge in [-0.15, -0.1) is 11.8 Å². The largest absolute Gasteiger partial charge is 0.325 e. The van der Waals surface area contributed by atoms with Gasteiger partial charge in [0.1, 0.15) is 0 Å². The number of hydrogen-bond acceptors (Lipinski definition) is 3. The first-order chi connectivity index (χ1) is 11.0. The summed E-state index contributed by atoms with van der Waals surface area (Å²) >= 11 is 7.30. The molecule has 0 atom stereocenters. The van der Waals surface area contributed by atoms with Gasteiger partial charge in [-0.05, 0) is 37.6 Å². The minimum absolute atomic E-state index is 0.115. The Morgan fingerprint density at radius 1 is 1.13 bits per heavy atom. The average Bonchev–Trinajstić information content (AvgIpc) is 2.49. The molecule has 3 amide bonds. The molecule has 4 nitrogen and oxygen atoms in total. The quantitative estimate of drug-likeness (QED) is 0.805. The van der Waals surface area contributed by atoms with E-state index >= 15 is 0 Å². The van der Waals surface area contributed by atoms with Gasteiger partial charge in [-0.3, -0.25) is 10.1 Å². The summed E-state index contributed by atoms with van der Waals surface area (Å²) in [5.41, 5.74) is 2.73. The van der Waals surface area contributed by atoms with Crippen molar-refractivity contribution in [2.45, 2.75) is 18.7 Å². The van der Waals surface area contributed by atoms with Crippen LogP contribution in [0.3, 0.4) is 0 Å². The second-order valence-electron chi connectivity index (χ2n) is 5.04. The molecule has 2 aromatic carbocycles. The molecule has 2 rings (SSSR count). The number of thioether (sulfide) groups is 1. The molecular formula is C17H17ClN2O2S. The zero-order valence-electron chi connectivity index (χ0n) is 12.9. The minimum atomic E-state index is -0.540.